The average Bonchev–Trinajstić information content (AvgIpc) is 2.72. The van der Waals surface area contributed by atoms with Crippen LogP contribution in [-0.2, 0) is 20.8 Å². The number of fused-ring (bicyclic) bond motifs is 1. The Morgan fingerprint density at radius 3 is 2.89 bits per heavy atom. The molecule has 0 spiro atoms. The number of carboxylic acid groups (broad SMARTS) is 1. The van der Waals surface area contributed by atoms with Crippen LogP contribution in [0.5, 0.6) is 0 Å². The predicted octanol–water partition coefficient (Wildman–Crippen LogP) is 0.843. The van der Waals surface area contributed by atoms with E-state index in [2.05, 4.69) is 15.3 Å². The molecule has 0 bridgehead atoms. The first kappa shape index (κ1) is 12.1. The number of carboxylic acids is 1. The van der Waals surface area contributed by atoms with Crippen molar-refractivity contribution in [3.63, 3.8) is 0 Å². The van der Waals surface area contributed by atoms with Gasteiger partial charge in [-0.3, -0.25) is 9.63 Å². The molecule has 1 heterocycles. The number of amides is 1. The lowest BCUT2D eigenvalue weighted by Crippen LogP contribution is -2.27. The molecule has 0 saturated carbocycles. The number of H-pyrrole nitrogens is 1. The van der Waals surface area contributed by atoms with Crippen molar-refractivity contribution in [3.8, 4) is 0 Å². The van der Waals surface area contributed by atoms with Crippen LogP contribution in [-0.4, -0.2) is 28.6 Å². The number of aliphatic carboxylic acids is 1. The van der Waals surface area contributed by atoms with E-state index in [1.54, 1.807) is 6.20 Å². The molecule has 0 aliphatic heterocycles. The van der Waals surface area contributed by atoms with E-state index in [4.69, 9.17) is 5.11 Å². The molecular weight excluding hydrogens is 236 g/mol. The standard InChI is InChI=1S/C12H12N2O4/c15-11(14-18-7-12(16)17)5-8-6-13-10-4-2-1-3-9(8)10/h1-4,6,13H,5,7H2,(H,14,15)(H,16,17). The number of hydrogen-bond acceptors (Lipinski definition) is 3. The number of nitrogens with one attached hydrogen (secondary N) is 2. The Balaban J connectivity index is 1.97. The molecule has 3 N–H and O–H groups in total. The number of carbonyl (C=O) groups excluding carboxylic acids is 1. The van der Waals surface area contributed by atoms with Crippen molar-refractivity contribution in [3.05, 3.63) is 36.0 Å². The number of carbonyl (C=O) groups is 2. The molecule has 0 atom stereocenters. The van der Waals surface area contributed by atoms with Crippen LogP contribution in [0.2, 0.25) is 0 Å². The fourth-order valence-electron chi connectivity index (χ4n) is 1.67. The van der Waals surface area contributed by atoms with Crippen molar-refractivity contribution in [1.29, 1.82) is 0 Å². The van der Waals surface area contributed by atoms with Crippen molar-refractivity contribution in [2.75, 3.05) is 6.61 Å². The van der Waals surface area contributed by atoms with Gasteiger partial charge in [-0.1, -0.05) is 18.2 Å². The fourth-order valence-corrected chi connectivity index (χ4v) is 1.67. The summed E-state index contributed by atoms with van der Waals surface area (Å²) < 4.78 is 0. The first-order chi connectivity index (χ1) is 8.66. The first-order valence-corrected chi connectivity index (χ1v) is 5.34. The van der Waals surface area contributed by atoms with Gasteiger partial charge < -0.3 is 10.1 Å². The molecule has 0 fully saturated rings. The van der Waals surface area contributed by atoms with Crippen molar-refractivity contribution in [1.82, 2.24) is 10.5 Å². The normalized spacial score (nSPS) is 10.4. The Kier molecular flexibility index (Phi) is 3.59. The van der Waals surface area contributed by atoms with Crippen LogP contribution in [0.25, 0.3) is 10.9 Å². The highest BCUT2D eigenvalue weighted by molar-refractivity contribution is 5.88. The number of benzene rings is 1. The number of rotatable bonds is 5. The van der Waals surface area contributed by atoms with Gasteiger partial charge in [-0.15, -0.1) is 0 Å². The quantitative estimate of drug-likeness (QED) is 0.684. The molecule has 2 aromatic rings. The second-order valence-electron chi connectivity index (χ2n) is 3.74. The Morgan fingerprint density at radius 1 is 1.33 bits per heavy atom. The Hall–Kier alpha value is -2.34. The van der Waals surface area contributed by atoms with E-state index in [-0.39, 0.29) is 12.3 Å². The predicted molar refractivity (Wildman–Crippen MR) is 63.7 cm³/mol. The number of aromatic nitrogens is 1. The van der Waals surface area contributed by atoms with Gasteiger partial charge in [0.05, 0.1) is 6.42 Å². The minimum atomic E-state index is -1.14. The highest BCUT2D eigenvalue weighted by Crippen LogP contribution is 2.17. The molecule has 1 amide bonds. The number of aromatic amines is 1. The summed E-state index contributed by atoms with van der Waals surface area (Å²) in [6.45, 7) is -0.556. The molecule has 2 rings (SSSR count). The molecule has 0 radical (unpaired) electrons. The minimum absolute atomic E-state index is 0.129. The lowest BCUT2D eigenvalue weighted by Gasteiger charge is -2.02. The maximum absolute atomic E-state index is 11.5. The Morgan fingerprint density at radius 2 is 2.11 bits per heavy atom. The third-order valence-corrected chi connectivity index (χ3v) is 2.41. The molecule has 6 nitrogen and oxygen atoms in total. The molecule has 1 aromatic heterocycles. The van der Waals surface area contributed by atoms with Crippen LogP contribution in [0.3, 0.4) is 0 Å². The Labute approximate surface area is 103 Å². The summed E-state index contributed by atoms with van der Waals surface area (Å²) in [7, 11) is 0. The molecule has 1 aromatic carbocycles. The van der Waals surface area contributed by atoms with Gasteiger partial charge in [0.15, 0.2) is 6.61 Å². The van der Waals surface area contributed by atoms with Gasteiger partial charge in [0.2, 0.25) is 5.91 Å². The van der Waals surface area contributed by atoms with E-state index >= 15 is 0 Å². The molecule has 0 saturated heterocycles. The highest BCUT2D eigenvalue weighted by Gasteiger charge is 2.08. The molecule has 0 aliphatic carbocycles. The van der Waals surface area contributed by atoms with Crippen molar-refractivity contribution >= 4 is 22.8 Å². The second-order valence-corrected chi connectivity index (χ2v) is 3.74. The monoisotopic (exact) mass is 248 g/mol. The van der Waals surface area contributed by atoms with Crippen molar-refractivity contribution in [2.24, 2.45) is 0 Å². The van der Waals surface area contributed by atoms with Gasteiger partial charge >= 0.3 is 5.97 Å². The molecule has 6 heteroatoms. The maximum atomic E-state index is 11.5. The van der Waals surface area contributed by atoms with Crippen LogP contribution < -0.4 is 5.48 Å². The summed E-state index contributed by atoms with van der Waals surface area (Å²) in [4.78, 5) is 29.2. The van der Waals surface area contributed by atoms with E-state index < -0.39 is 12.6 Å². The van der Waals surface area contributed by atoms with Gasteiger partial charge in [-0.25, -0.2) is 10.3 Å². The SMILES string of the molecule is O=C(O)CONC(=O)Cc1c[nH]c2ccccc12. The van der Waals surface area contributed by atoms with Gasteiger partial charge in [0.25, 0.3) is 0 Å². The summed E-state index contributed by atoms with van der Waals surface area (Å²) >= 11 is 0. The molecule has 0 unspecified atom stereocenters. The van der Waals surface area contributed by atoms with Gasteiger partial charge in [0, 0.05) is 17.1 Å². The molecule has 94 valence electrons. The molecule has 0 aliphatic rings. The van der Waals surface area contributed by atoms with Gasteiger partial charge in [0.1, 0.15) is 0 Å². The van der Waals surface area contributed by atoms with E-state index in [0.717, 1.165) is 16.5 Å². The van der Waals surface area contributed by atoms with Crippen LogP contribution in [0.1, 0.15) is 5.56 Å². The molecular formula is C12H12N2O4. The number of hydroxylamine groups is 1. The summed E-state index contributed by atoms with van der Waals surface area (Å²) in [6.07, 6.45) is 1.88. The summed E-state index contributed by atoms with van der Waals surface area (Å²) in [5, 5.41) is 9.31. The zero-order valence-electron chi connectivity index (χ0n) is 9.47. The second kappa shape index (κ2) is 5.33. The first-order valence-electron chi connectivity index (χ1n) is 5.34. The molecule has 18 heavy (non-hydrogen) atoms. The summed E-state index contributed by atoms with van der Waals surface area (Å²) in [6, 6.07) is 7.61. The third kappa shape index (κ3) is 2.86. The zero-order chi connectivity index (χ0) is 13.0. The summed E-state index contributed by atoms with van der Waals surface area (Å²) in [5.41, 5.74) is 3.87. The summed E-state index contributed by atoms with van der Waals surface area (Å²) in [5.74, 6) is -1.52. The smallest absolute Gasteiger partial charge is 0.332 e. The van der Waals surface area contributed by atoms with E-state index in [0.29, 0.717) is 0 Å². The lowest BCUT2D eigenvalue weighted by molar-refractivity contribution is -0.149. The highest BCUT2D eigenvalue weighted by atomic mass is 16.7. The van der Waals surface area contributed by atoms with E-state index in [1.165, 1.54) is 0 Å². The minimum Gasteiger partial charge on any atom is -0.479 e. The van der Waals surface area contributed by atoms with Crippen molar-refractivity contribution < 1.29 is 19.5 Å². The van der Waals surface area contributed by atoms with Gasteiger partial charge in [-0.05, 0) is 11.6 Å². The van der Waals surface area contributed by atoms with Crippen molar-refractivity contribution in [2.45, 2.75) is 6.42 Å². The van der Waals surface area contributed by atoms with Crippen LogP contribution in [0.15, 0.2) is 30.5 Å². The maximum Gasteiger partial charge on any atom is 0.332 e. The Bertz CT molecular complexity index is 576. The van der Waals surface area contributed by atoms with Gasteiger partial charge in [-0.2, -0.15) is 0 Å². The fraction of sp³-hybridized carbons (Fsp3) is 0.167. The van der Waals surface area contributed by atoms with E-state index in [1.807, 2.05) is 24.3 Å². The topological polar surface area (TPSA) is 91.4 Å². The third-order valence-electron chi connectivity index (χ3n) is 2.41. The van der Waals surface area contributed by atoms with Crippen LogP contribution >= 0.6 is 0 Å². The number of hydrogen-bond donors (Lipinski definition) is 3. The van der Waals surface area contributed by atoms with Crippen LogP contribution in [0.4, 0.5) is 0 Å². The van der Waals surface area contributed by atoms with Crippen LogP contribution in [0, 0.1) is 0 Å². The average molecular weight is 248 g/mol. The largest absolute Gasteiger partial charge is 0.479 e. The lowest BCUT2D eigenvalue weighted by atomic mass is 10.1. The number of para-hydroxylation sites is 1. The zero-order valence-corrected chi connectivity index (χ0v) is 9.47. The van der Waals surface area contributed by atoms with E-state index in [9.17, 15) is 9.59 Å².